The summed E-state index contributed by atoms with van der Waals surface area (Å²) in [5.41, 5.74) is 0.761. The molecule has 6 heteroatoms. The van der Waals surface area contributed by atoms with Gasteiger partial charge in [-0.15, -0.1) is 0 Å². The van der Waals surface area contributed by atoms with E-state index in [4.69, 9.17) is 0 Å². The van der Waals surface area contributed by atoms with Crippen molar-refractivity contribution in [1.29, 1.82) is 0 Å². The number of rotatable bonds is 6. The summed E-state index contributed by atoms with van der Waals surface area (Å²) in [6.45, 7) is 2.81. The topological polar surface area (TPSA) is 42.7 Å². The van der Waals surface area contributed by atoms with Crippen LogP contribution in [-0.4, -0.2) is 27.4 Å². The zero-order valence-corrected chi connectivity index (χ0v) is 11.6. The highest BCUT2D eigenvalue weighted by Crippen LogP contribution is 2.12. The summed E-state index contributed by atoms with van der Waals surface area (Å²) in [6.07, 6.45) is 2.80. The number of hydrogen-bond donors (Lipinski definition) is 1. The van der Waals surface area contributed by atoms with Gasteiger partial charge in [0, 0.05) is 19.5 Å². The zero-order valence-electron chi connectivity index (χ0n) is 11.6. The minimum Gasteiger partial charge on any atom is -0.313 e. The smallest absolute Gasteiger partial charge is 0.159 e. The summed E-state index contributed by atoms with van der Waals surface area (Å²) in [6, 6.07) is 4.12. The van der Waals surface area contributed by atoms with E-state index in [0.29, 0.717) is 12.8 Å². The molecule has 1 atom stereocenters. The van der Waals surface area contributed by atoms with Gasteiger partial charge < -0.3 is 5.32 Å². The molecule has 20 heavy (non-hydrogen) atoms. The lowest BCUT2D eigenvalue weighted by atomic mass is 10.0. The maximum Gasteiger partial charge on any atom is 0.159 e. The highest BCUT2D eigenvalue weighted by atomic mass is 19.2. The fourth-order valence-corrected chi connectivity index (χ4v) is 2.18. The Balaban J connectivity index is 2.08. The van der Waals surface area contributed by atoms with Crippen molar-refractivity contribution in [2.75, 3.05) is 6.54 Å². The first-order valence-electron chi connectivity index (χ1n) is 6.60. The molecule has 2 aromatic rings. The number of likely N-dealkylation sites (N-methyl/N-ethyl adjacent to an activating group) is 1. The molecule has 0 saturated carbocycles. The second kappa shape index (κ2) is 6.56. The molecule has 0 aliphatic rings. The van der Waals surface area contributed by atoms with Gasteiger partial charge in [-0.05, 0) is 30.7 Å². The van der Waals surface area contributed by atoms with Crippen LogP contribution in [0.1, 0.15) is 18.3 Å². The lowest BCUT2D eigenvalue weighted by molar-refractivity contribution is 0.488. The molecule has 0 aliphatic heterocycles. The van der Waals surface area contributed by atoms with Crippen LogP contribution in [0.2, 0.25) is 0 Å². The van der Waals surface area contributed by atoms with Gasteiger partial charge in [0.15, 0.2) is 11.6 Å². The predicted molar refractivity (Wildman–Crippen MR) is 72.2 cm³/mol. The van der Waals surface area contributed by atoms with Crippen LogP contribution in [0.15, 0.2) is 24.5 Å². The Morgan fingerprint density at radius 1 is 1.25 bits per heavy atom. The van der Waals surface area contributed by atoms with E-state index in [9.17, 15) is 8.78 Å². The number of hydrogen-bond acceptors (Lipinski definition) is 3. The van der Waals surface area contributed by atoms with Crippen LogP contribution in [-0.2, 0) is 19.9 Å². The maximum atomic E-state index is 13.2. The monoisotopic (exact) mass is 280 g/mol. The number of halogens is 2. The molecule has 1 aromatic carbocycles. The SMILES string of the molecule is CCNC(Cc1ccc(F)c(F)c1)Cc1ncnn1C. The summed E-state index contributed by atoms with van der Waals surface area (Å²) in [5.74, 6) is -0.767. The summed E-state index contributed by atoms with van der Waals surface area (Å²) in [4.78, 5) is 4.19. The maximum absolute atomic E-state index is 13.2. The van der Waals surface area contributed by atoms with Crippen molar-refractivity contribution < 1.29 is 8.78 Å². The molecule has 1 heterocycles. The predicted octanol–water partition coefficient (Wildman–Crippen LogP) is 1.86. The van der Waals surface area contributed by atoms with Gasteiger partial charge in [0.25, 0.3) is 0 Å². The van der Waals surface area contributed by atoms with Gasteiger partial charge in [0.05, 0.1) is 0 Å². The molecule has 0 radical (unpaired) electrons. The number of aromatic nitrogens is 3. The Hall–Kier alpha value is -1.82. The molecule has 0 saturated heterocycles. The summed E-state index contributed by atoms with van der Waals surface area (Å²) in [7, 11) is 1.84. The molecule has 0 amide bonds. The highest BCUT2D eigenvalue weighted by Gasteiger charge is 2.14. The Kier molecular flexibility index (Phi) is 4.79. The second-order valence-corrected chi connectivity index (χ2v) is 4.71. The van der Waals surface area contributed by atoms with Crippen molar-refractivity contribution in [3.05, 3.63) is 47.5 Å². The van der Waals surface area contributed by atoms with Crippen molar-refractivity contribution in [3.8, 4) is 0 Å². The van der Waals surface area contributed by atoms with E-state index >= 15 is 0 Å². The number of benzene rings is 1. The molecule has 1 N–H and O–H groups in total. The van der Waals surface area contributed by atoms with Gasteiger partial charge >= 0.3 is 0 Å². The number of nitrogens with one attached hydrogen (secondary N) is 1. The van der Waals surface area contributed by atoms with Gasteiger partial charge in [0.2, 0.25) is 0 Å². The molecule has 2 rings (SSSR count). The largest absolute Gasteiger partial charge is 0.313 e. The molecule has 0 spiro atoms. The van der Waals surface area contributed by atoms with E-state index in [2.05, 4.69) is 15.4 Å². The molecule has 1 aromatic heterocycles. The molecule has 0 fully saturated rings. The lowest BCUT2D eigenvalue weighted by Crippen LogP contribution is -2.34. The van der Waals surface area contributed by atoms with Crippen molar-refractivity contribution in [2.45, 2.75) is 25.8 Å². The van der Waals surface area contributed by atoms with Crippen molar-refractivity contribution in [3.63, 3.8) is 0 Å². The van der Waals surface area contributed by atoms with Crippen LogP contribution in [0.3, 0.4) is 0 Å². The normalized spacial score (nSPS) is 12.6. The quantitative estimate of drug-likeness (QED) is 0.878. The second-order valence-electron chi connectivity index (χ2n) is 4.71. The van der Waals surface area contributed by atoms with Crippen LogP contribution < -0.4 is 5.32 Å². The average Bonchev–Trinajstić information content (AvgIpc) is 2.80. The summed E-state index contributed by atoms with van der Waals surface area (Å²) < 4.78 is 27.9. The van der Waals surface area contributed by atoms with Gasteiger partial charge in [-0.1, -0.05) is 13.0 Å². The molecule has 108 valence electrons. The first kappa shape index (κ1) is 14.6. The first-order valence-corrected chi connectivity index (χ1v) is 6.60. The molecular weight excluding hydrogens is 262 g/mol. The molecule has 4 nitrogen and oxygen atoms in total. The van der Waals surface area contributed by atoms with Crippen molar-refractivity contribution in [1.82, 2.24) is 20.1 Å². The minimum absolute atomic E-state index is 0.104. The molecular formula is C14H18F2N4. The third kappa shape index (κ3) is 3.60. The number of nitrogens with zero attached hydrogens (tertiary/aromatic N) is 3. The Morgan fingerprint density at radius 2 is 2.05 bits per heavy atom. The first-order chi connectivity index (χ1) is 9.60. The van der Waals surface area contributed by atoms with E-state index in [-0.39, 0.29) is 6.04 Å². The van der Waals surface area contributed by atoms with Gasteiger partial charge in [-0.25, -0.2) is 13.8 Å². The van der Waals surface area contributed by atoms with E-state index < -0.39 is 11.6 Å². The minimum atomic E-state index is -0.818. The van der Waals surface area contributed by atoms with Crippen LogP contribution in [0, 0.1) is 11.6 Å². The van der Waals surface area contributed by atoms with E-state index in [1.165, 1.54) is 12.4 Å². The molecule has 0 bridgehead atoms. The standard InChI is InChI=1S/C14H18F2N4/c1-3-17-11(8-14-18-9-19-20(14)2)6-10-4-5-12(15)13(16)7-10/h4-5,7,9,11,17H,3,6,8H2,1-2H3. The lowest BCUT2D eigenvalue weighted by Gasteiger charge is -2.17. The Bertz CT molecular complexity index is 568. The summed E-state index contributed by atoms with van der Waals surface area (Å²) >= 11 is 0. The average molecular weight is 280 g/mol. The van der Waals surface area contributed by atoms with Crippen LogP contribution in [0.4, 0.5) is 8.78 Å². The van der Waals surface area contributed by atoms with Crippen molar-refractivity contribution in [2.24, 2.45) is 7.05 Å². The molecule has 0 aliphatic carbocycles. The van der Waals surface area contributed by atoms with Gasteiger partial charge in [-0.3, -0.25) is 4.68 Å². The Labute approximate surface area is 116 Å². The van der Waals surface area contributed by atoms with Gasteiger partial charge in [0.1, 0.15) is 12.2 Å². The van der Waals surface area contributed by atoms with Crippen LogP contribution in [0.5, 0.6) is 0 Å². The third-order valence-corrected chi connectivity index (χ3v) is 3.19. The van der Waals surface area contributed by atoms with Gasteiger partial charge in [-0.2, -0.15) is 5.10 Å². The van der Waals surface area contributed by atoms with E-state index in [0.717, 1.165) is 24.0 Å². The number of aryl methyl sites for hydroxylation is 1. The fourth-order valence-electron chi connectivity index (χ4n) is 2.18. The third-order valence-electron chi connectivity index (χ3n) is 3.19. The van der Waals surface area contributed by atoms with Crippen LogP contribution >= 0.6 is 0 Å². The van der Waals surface area contributed by atoms with Crippen LogP contribution in [0.25, 0.3) is 0 Å². The molecule has 1 unspecified atom stereocenters. The van der Waals surface area contributed by atoms with E-state index in [1.807, 2.05) is 14.0 Å². The zero-order chi connectivity index (χ0) is 14.5. The fraction of sp³-hybridized carbons (Fsp3) is 0.429. The highest BCUT2D eigenvalue weighted by molar-refractivity contribution is 5.19. The van der Waals surface area contributed by atoms with Crippen molar-refractivity contribution >= 4 is 0 Å². The van der Waals surface area contributed by atoms with E-state index in [1.54, 1.807) is 10.7 Å². The summed E-state index contributed by atoms with van der Waals surface area (Å²) in [5, 5.41) is 7.36. The Morgan fingerprint density at radius 3 is 2.65 bits per heavy atom.